The Bertz CT molecular complexity index is 1040. The molecule has 3 aromatic rings. The van der Waals surface area contributed by atoms with E-state index in [1.54, 1.807) is 25.1 Å². The molecule has 0 saturated heterocycles. The smallest absolute Gasteiger partial charge is 0.336 e. The molecule has 6 heteroatoms. The number of Topliss-reactive ketones (excluding diaryl/α,β-unsaturated/α-hetero) is 1. The standard InChI is InChI=1S/C23H25N3O3/c1-5-19(27)21-24-20(26(25-21)23(2,3)4)14-15-10-12-16(13-11-15)17-8-6-7-9-18(17)22(28)29/h6-13H,5,14H2,1-4H3,(H,28,29). The maximum atomic E-state index is 12.1. The predicted molar refractivity (Wildman–Crippen MR) is 111 cm³/mol. The molecular weight excluding hydrogens is 366 g/mol. The summed E-state index contributed by atoms with van der Waals surface area (Å²) >= 11 is 0. The Morgan fingerprint density at radius 2 is 1.69 bits per heavy atom. The highest BCUT2D eigenvalue weighted by Gasteiger charge is 2.23. The SMILES string of the molecule is CCC(=O)c1nc(Cc2ccc(-c3ccccc3C(=O)O)cc2)n(C(C)(C)C)n1. The van der Waals surface area contributed by atoms with E-state index in [0.29, 0.717) is 18.4 Å². The van der Waals surface area contributed by atoms with Crippen molar-refractivity contribution in [3.63, 3.8) is 0 Å². The number of hydrogen-bond donors (Lipinski definition) is 1. The van der Waals surface area contributed by atoms with E-state index in [4.69, 9.17) is 0 Å². The summed E-state index contributed by atoms with van der Waals surface area (Å²) in [5.41, 5.74) is 2.51. The maximum absolute atomic E-state index is 12.1. The van der Waals surface area contributed by atoms with E-state index < -0.39 is 5.97 Å². The molecule has 0 aliphatic carbocycles. The van der Waals surface area contributed by atoms with Gasteiger partial charge in [-0.25, -0.2) is 14.5 Å². The van der Waals surface area contributed by atoms with Crippen LogP contribution >= 0.6 is 0 Å². The number of carboxylic acid groups (broad SMARTS) is 1. The van der Waals surface area contributed by atoms with Gasteiger partial charge in [-0.1, -0.05) is 49.4 Å². The van der Waals surface area contributed by atoms with Crippen LogP contribution in [0.15, 0.2) is 48.5 Å². The van der Waals surface area contributed by atoms with Crippen molar-refractivity contribution in [1.82, 2.24) is 14.8 Å². The maximum Gasteiger partial charge on any atom is 0.336 e. The zero-order valence-electron chi connectivity index (χ0n) is 17.1. The molecule has 0 saturated carbocycles. The fourth-order valence-electron chi connectivity index (χ4n) is 3.18. The van der Waals surface area contributed by atoms with E-state index in [2.05, 4.69) is 10.1 Å². The van der Waals surface area contributed by atoms with E-state index in [0.717, 1.165) is 17.0 Å². The van der Waals surface area contributed by atoms with Gasteiger partial charge >= 0.3 is 5.97 Å². The highest BCUT2D eigenvalue weighted by molar-refractivity contribution is 5.96. The molecule has 0 aliphatic heterocycles. The average Bonchev–Trinajstić information content (AvgIpc) is 3.12. The number of nitrogens with zero attached hydrogens (tertiary/aromatic N) is 3. The Labute approximate surface area is 170 Å². The number of aromatic nitrogens is 3. The van der Waals surface area contributed by atoms with Crippen LogP contribution in [0.3, 0.4) is 0 Å². The van der Waals surface area contributed by atoms with Crippen molar-refractivity contribution in [3.05, 3.63) is 71.3 Å². The van der Waals surface area contributed by atoms with Crippen molar-refractivity contribution in [2.24, 2.45) is 0 Å². The van der Waals surface area contributed by atoms with Crippen LogP contribution in [0.1, 0.15) is 66.5 Å². The second-order valence-corrected chi connectivity index (χ2v) is 7.94. The van der Waals surface area contributed by atoms with Gasteiger partial charge in [-0.05, 0) is 43.5 Å². The Morgan fingerprint density at radius 3 is 2.28 bits per heavy atom. The van der Waals surface area contributed by atoms with Crippen molar-refractivity contribution in [2.75, 3.05) is 0 Å². The number of ketones is 1. The fraction of sp³-hybridized carbons (Fsp3) is 0.304. The molecule has 0 radical (unpaired) electrons. The van der Waals surface area contributed by atoms with Gasteiger partial charge in [-0.15, -0.1) is 5.10 Å². The van der Waals surface area contributed by atoms with Crippen LogP contribution in [0, 0.1) is 0 Å². The van der Waals surface area contributed by atoms with E-state index in [9.17, 15) is 14.7 Å². The van der Waals surface area contributed by atoms with Gasteiger partial charge in [0.05, 0.1) is 11.1 Å². The largest absolute Gasteiger partial charge is 0.478 e. The minimum absolute atomic E-state index is 0.0742. The first-order chi connectivity index (χ1) is 13.7. The zero-order chi connectivity index (χ0) is 21.2. The molecule has 0 aliphatic rings. The Hall–Kier alpha value is -3.28. The van der Waals surface area contributed by atoms with E-state index >= 15 is 0 Å². The third kappa shape index (κ3) is 4.42. The zero-order valence-corrected chi connectivity index (χ0v) is 17.1. The lowest BCUT2D eigenvalue weighted by Gasteiger charge is -2.21. The summed E-state index contributed by atoms with van der Waals surface area (Å²) in [6.45, 7) is 7.87. The summed E-state index contributed by atoms with van der Waals surface area (Å²) in [5.74, 6) is -0.0385. The molecule has 0 spiro atoms. The van der Waals surface area contributed by atoms with Gasteiger partial charge in [0.2, 0.25) is 11.6 Å². The number of rotatable bonds is 6. The van der Waals surface area contributed by atoms with E-state index in [1.165, 1.54) is 0 Å². The number of carboxylic acids is 1. The van der Waals surface area contributed by atoms with Gasteiger partial charge < -0.3 is 5.11 Å². The summed E-state index contributed by atoms with van der Waals surface area (Å²) < 4.78 is 1.81. The molecule has 6 nitrogen and oxygen atoms in total. The third-order valence-corrected chi connectivity index (χ3v) is 4.66. The molecule has 1 N–H and O–H groups in total. The van der Waals surface area contributed by atoms with Crippen LogP contribution in [0.2, 0.25) is 0 Å². The molecule has 29 heavy (non-hydrogen) atoms. The number of benzene rings is 2. The second-order valence-electron chi connectivity index (χ2n) is 7.94. The van der Waals surface area contributed by atoms with Gasteiger partial charge in [-0.2, -0.15) is 0 Å². The van der Waals surface area contributed by atoms with Crippen LogP contribution < -0.4 is 0 Å². The Balaban J connectivity index is 1.92. The number of hydrogen-bond acceptors (Lipinski definition) is 4. The second kappa shape index (κ2) is 7.99. The Kier molecular flexibility index (Phi) is 5.64. The molecule has 0 fully saturated rings. The van der Waals surface area contributed by atoms with Crippen LogP contribution in [0.4, 0.5) is 0 Å². The number of carbonyl (C=O) groups is 2. The fourth-order valence-corrected chi connectivity index (χ4v) is 3.18. The normalized spacial score (nSPS) is 11.4. The van der Waals surface area contributed by atoms with E-state index in [1.807, 2.05) is 55.8 Å². The number of aromatic carboxylic acids is 1. The van der Waals surface area contributed by atoms with Gasteiger partial charge in [0.15, 0.2) is 0 Å². The molecule has 2 aromatic carbocycles. The lowest BCUT2D eigenvalue weighted by molar-refractivity contribution is 0.0697. The molecule has 1 aromatic heterocycles. The van der Waals surface area contributed by atoms with Crippen LogP contribution in [0.25, 0.3) is 11.1 Å². The minimum Gasteiger partial charge on any atom is -0.478 e. The lowest BCUT2D eigenvalue weighted by Crippen LogP contribution is -2.26. The highest BCUT2D eigenvalue weighted by Crippen LogP contribution is 2.25. The van der Waals surface area contributed by atoms with Gasteiger partial charge in [-0.3, -0.25) is 4.79 Å². The van der Waals surface area contributed by atoms with Crippen LogP contribution in [0.5, 0.6) is 0 Å². The molecule has 150 valence electrons. The molecule has 0 bridgehead atoms. The van der Waals surface area contributed by atoms with Crippen LogP contribution in [-0.4, -0.2) is 31.6 Å². The Morgan fingerprint density at radius 1 is 1.03 bits per heavy atom. The van der Waals surface area contributed by atoms with Crippen molar-refractivity contribution >= 4 is 11.8 Å². The lowest BCUT2D eigenvalue weighted by atomic mass is 9.98. The van der Waals surface area contributed by atoms with Crippen molar-refractivity contribution < 1.29 is 14.7 Å². The summed E-state index contributed by atoms with van der Waals surface area (Å²) in [6.07, 6.45) is 0.896. The van der Waals surface area contributed by atoms with Gasteiger partial charge in [0, 0.05) is 12.8 Å². The molecule has 0 amide bonds. The first-order valence-electron chi connectivity index (χ1n) is 9.62. The number of carbonyl (C=O) groups excluding carboxylic acids is 1. The van der Waals surface area contributed by atoms with Gasteiger partial charge in [0.1, 0.15) is 5.82 Å². The highest BCUT2D eigenvalue weighted by atomic mass is 16.4. The molecule has 0 unspecified atom stereocenters. The van der Waals surface area contributed by atoms with Crippen molar-refractivity contribution in [1.29, 1.82) is 0 Å². The molecular formula is C23H25N3O3. The summed E-state index contributed by atoms with van der Waals surface area (Å²) in [6, 6.07) is 14.7. The van der Waals surface area contributed by atoms with Crippen molar-refractivity contribution in [2.45, 2.75) is 46.1 Å². The quantitative estimate of drug-likeness (QED) is 0.622. The molecule has 3 rings (SSSR count). The summed E-state index contributed by atoms with van der Waals surface area (Å²) in [7, 11) is 0. The monoisotopic (exact) mass is 391 g/mol. The average molecular weight is 391 g/mol. The summed E-state index contributed by atoms with van der Waals surface area (Å²) in [4.78, 5) is 28.0. The third-order valence-electron chi connectivity index (χ3n) is 4.66. The van der Waals surface area contributed by atoms with Crippen molar-refractivity contribution in [3.8, 4) is 11.1 Å². The topological polar surface area (TPSA) is 85.1 Å². The van der Waals surface area contributed by atoms with Crippen LogP contribution in [-0.2, 0) is 12.0 Å². The van der Waals surface area contributed by atoms with E-state index in [-0.39, 0.29) is 22.7 Å². The first kappa shape index (κ1) is 20.5. The minimum atomic E-state index is -0.948. The van der Waals surface area contributed by atoms with Gasteiger partial charge in [0.25, 0.3) is 0 Å². The molecule has 0 atom stereocenters. The molecule has 1 heterocycles. The predicted octanol–water partition coefficient (Wildman–Crippen LogP) is 4.58. The first-order valence-corrected chi connectivity index (χ1v) is 9.62. The summed E-state index contributed by atoms with van der Waals surface area (Å²) in [5, 5.41) is 13.8.